The summed E-state index contributed by atoms with van der Waals surface area (Å²) in [4.78, 5) is 35.0. The van der Waals surface area contributed by atoms with E-state index in [1.807, 2.05) is 17.0 Å². The second-order valence-electron chi connectivity index (χ2n) is 7.53. The summed E-state index contributed by atoms with van der Waals surface area (Å²) >= 11 is 0. The first-order valence-corrected chi connectivity index (χ1v) is 9.60. The minimum absolute atomic E-state index is 0.0310. The van der Waals surface area contributed by atoms with Crippen LogP contribution in [0.15, 0.2) is 40.8 Å². The molecule has 29 heavy (non-hydrogen) atoms. The number of aromatic nitrogens is 2. The molecule has 5 rings (SSSR count). The molecule has 1 N–H and O–H groups in total. The predicted octanol–water partition coefficient (Wildman–Crippen LogP) is 2.01. The normalized spacial score (nSPS) is 19.9. The zero-order chi connectivity index (χ0) is 19.8. The molecule has 3 aliphatic heterocycles. The van der Waals surface area contributed by atoms with E-state index < -0.39 is 5.41 Å². The fraction of sp³-hybridized carbons (Fsp3) is 0.333. The van der Waals surface area contributed by atoms with Crippen LogP contribution >= 0.6 is 0 Å². The molecule has 0 bridgehead atoms. The number of fused-ring (bicyclic) bond motifs is 2. The number of carbonyl (C=O) groups excluding carboxylic acids is 2. The Morgan fingerprint density at radius 2 is 2.07 bits per heavy atom. The Bertz CT molecular complexity index is 1010. The van der Waals surface area contributed by atoms with Gasteiger partial charge >= 0.3 is 0 Å². The number of amides is 2. The van der Waals surface area contributed by atoms with Gasteiger partial charge in [-0.15, -0.1) is 0 Å². The molecule has 2 aromatic heterocycles. The third-order valence-electron chi connectivity index (χ3n) is 5.70. The fourth-order valence-corrected chi connectivity index (χ4v) is 3.89. The molecule has 0 unspecified atom stereocenters. The van der Waals surface area contributed by atoms with Gasteiger partial charge in [-0.1, -0.05) is 5.57 Å². The van der Waals surface area contributed by atoms with Gasteiger partial charge in [0.1, 0.15) is 17.5 Å². The maximum atomic E-state index is 12.6. The molecular formula is C21H20N4O4. The average Bonchev–Trinajstić information content (AvgIpc) is 3.30. The average molecular weight is 392 g/mol. The molecule has 2 saturated heterocycles. The second-order valence-corrected chi connectivity index (χ2v) is 7.53. The quantitative estimate of drug-likeness (QED) is 0.803. The zero-order valence-electron chi connectivity index (χ0n) is 15.8. The minimum atomic E-state index is -0.616. The highest BCUT2D eigenvalue weighted by Crippen LogP contribution is 2.42. The van der Waals surface area contributed by atoms with Crippen LogP contribution in [-0.2, 0) is 19.7 Å². The van der Waals surface area contributed by atoms with Crippen molar-refractivity contribution >= 4 is 29.8 Å². The first kappa shape index (κ1) is 17.8. The van der Waals surface area contributed by atoms with E-state index in [9.17, 15) is 9.59 Å². The van der Waals surface area contributed by atoms with Crippen molar-refractivity contribution in [1.29, 1.82) is 0 Å². The van der Waals surface area contributed by atoms with Gasteiger partial charge in [-0.05, 0) is 36.6 Å². The lowest BCUT2D eigenvalue weighted by Gasteiger charge is -2.35. The number of hydrogen-bond acceptors (Lipinski definition) is 6. The number of anilines is 1. The number of carbonyl (C=O) groups is 2. The highest BCUT2D eigenvalue weighted by Gasteiger charge is 2.53. The predicted molar refractivity (Wildman–Crippen MR) is 105 cm³/mol. The number of ether oxygens (including phenoxy) is 1. The number of piperidine rings is 1. The maximum absolute atomic E-state index is 12.6. The maximum Gasteiger partial charge on any atom is 0.246 e. The van der Waals surface area contributed by atoms with Gasteiger partial charge in [0.05, 0.1) is 19.4 Å². The van der Waals surface area contributed by atoms with Gasteiger partial charge in [-0.25, -0.2) is 9.97 Å². The van der Waals surface area contributed by atoms with E-state index in [4.69, 9.17) is 9.15 Å². The van der Waals surface area contributed by atoms with Crippen molar-refractivity contribution in [3.63, 3.8) is 0 Å². The Morgan fingerprint density at radius 1 is 1.24 bits per heavy atom. The smallest absolute Gasteiger partial charge is 0.246 e. The molecular weight excluding hydrogens is 372 g/mol. The molecule has 0 aliphatic carbocycles. The van der Waals surface area contributed by atoms with Gasteiger partial charge in [-0.2, -0.15) is 0 Å². The molecule has 148 valence electrons. The second kappa shape index (κ2) is 6.97. The van der Waals surface area contributed by atoms with Crippen molar-refractivity contribution in [3.05, 3.63) is 53.4 Å². The number of pyridine rings is 1. The first-order chi connectivity index (χ1) is 14.1. The highest BCUT2D eigenvalue weighted by molar-refractivity contribution is 6.06. The summed E-state index contributed by atoms with van der Waals surface area (Å²) in [6.07, 6.45) is 11.7. The van der Waals surface area contributed by atoms with Crippen molar-refractivity contribution in [3.8, 4) is 0 Å². The highest BCUT2D eigenvalue weighted by atomic mass is 16.5. The Balaban J connectivity index is 1.24. The monoisotopic (exact) mass is 392 g/mol. The van der Waals surface area contributed by atoms with Crippen molar-refractivity contribution in [2.24, 2.45) is 0 Å². The molecule has 0 aromatic carbocycles. The molecule has 8 heteroatoms. The minimum Gasteiger partial charge on any atom is -0.445 e. The lowest BCUT2D eigenvalue weighted by Crippen LogP contribution is -2.51. The van der Waals surface area contributed by atoms with Crippen molar-refractivity contribution in [1.82, 2.24) is 14.9 Å². The van der Waals surface area contributed by atoms with Crippen LogP contribution in [0.2, 0.25) is 0 Å². The molecule has 5 heterocycles. The summed E-state index contributed by atoms with van der Waals surface area (Å²) < 4.78 is 10.5. The SMILES string of the molecule is O=C(/C=C/c1cnc2c(c1)C1(COC1)C(=O)N2)N1CCC(=Cc2ncco2)CC1. The summed E-state index contributed by atoms with van der Waals surface area (Å²) in [7, 11) is 0. The number of nitrogens with zero attached hydrogens (tertiary/aromatic N) is 3. The van der Waals surface area contributed by atoms with Crippen LogP contribution in [-0.4, -0.2) is 53.0 Å². The van der Waals surface area contributed by atoms with Gasteiger partial charge in [0, 0.05) is 30.9 Å². The third kappa shape index (κ3) is 3.15. The van der Waals surface area contributed by atoms with Gasteiger partial charge in [0.2, 0.25) is 17.7 Å². The molecule has 0 saturated carbocycles. The van der Waals surface area contributed by atoms with Crippen LogP contribution in [0.4, 0.5) is 5.82 Å². The van der Waals surface area contributed by atoms with Crippen molar-refractivity contribution < 1.29 is 18.7 Å². The van der Waals surface area contributed by atoms with Crippen LogP contribution in [0.5, 0.6) is 0 Å². The fourth-order valence-electron chi connectivity index (χ4n) is 3.89. The van der Waals surface area contributed by atoms with E-state index in [0.29, 0.717) is 38.0 Å². The van der Waals surface area contributed by atoms with Gasteiger partial charge in [0.15, 0.2) is 0 Å². The Labute approximate surface area is 167 Å². The molecule has 3 aliphatic rings. The Hall–Kier alpha value is -3.26. The first-order valence-electron chi connectivity index (χ1n) is 9.60. The van der Waals surface area contributed by atoms with Crippen LogP contribution in [0.1, 0.15) is 29.9 Å². The largest absolute Gasteiger partial charge is 0.445 e. The number of rotatable bonds is 3. The Kier molecular flexibility index (Phi) is 4.28. The van der Waals surface area contributed by atoms with Crippen LogP contribution in [0, 0.1) is 0 Å². The van der Waals surface area contributed by atoms with E-state index in [2.05, 4.69) is 15.3 Å². The molecule has 2 fully saturated rings. The molecule has 2 amide bonds. The summed E-state index contributed by atoms with van der Waals surface area (Å²) in [5.41, 5.74) is 2.26. The molecule has 0 radical (unpaired) electrons. The van der Waals surface area contributed by atoms with E-state index in [0.717, 1.165) is 24.0 Å². The van der Waals surface area contributed by atoms with Crippen LogP contribution in [0.3, 0.4) is 0 Å². The van der Waals surface area contributed by atoms with Gasteiger partial charge in [-0.3, -0.25) is 9.59 Å². The lowest BCUT2D eigenvalue weighted by atomic mass is 9.80. The number of nitrogens with one attached hydrogen (secondary N) is 1. The number of hydrogen-bond donors (Lipinski definition) is 1. The van der Waals surface area contributed by atoms with Crippen LogP contribution in [0.25, 0.3) is 12.2 Å². The summed E-state index contributed by atoms with van der Waals surface area (Å²) in [5, 5.41) is 2.81. The molecule has 8 nitrogen and oxygen atoms in total. The Morgan fingerprint density at radius 3 is 2.76 bits per heavy atom. The summed E-state index contributed by atoms with van der Waals surface area (Å²) in [6.45, 7) is 2.07. The van der Waals surface area contributed by atoms with Gasteiger partial charge < -0.3 is 19.4 Å². The molecule has 2 aromatic rings. The van der Waals surface area contributed by atoms with Crippen molar-refractivity contribution in [2.45, 2.75) is 18.3 Å². The molecule has 1 spiro atoms. The number of oxazole rings is 1. The lowest BCUT2D eigenvalue weighted by molar-refractivity contribution is -0.138. The van der Waals surface area contributed by atoms with E-state index in [1.54, 1.807) is 30.8 Å². The van der Waals surface area contributed by atoms with Crippen LogP contribution < -0.4 is 5.32 Å². The summed E-state index contributed by atoms with van der Waals surface area (Å²) in [5.74, 6) is 1.09. The van der Waals surface area contributed by atoms with Gasteiger partial charge in [0.25, 0.3) is 0 Å². The standard InChI is InChI=1S/C21H20N4O4/c26-18(25-6-3-14(4-7-25)10-17-22-5-8-29-17)2-1-15-9-16-19(23-11-15)24-20(27)21(16)12-28-13-21/h1-2,5,8-11H,3-4,6-7,12-13H2,(H,23,24,27)/b2-1+. The molecule has 0 atom stereocenters. The summed E-state index contributed by atoms with van der Waals surface area (Å²) in [6, 6.07) is 1.92. The third-order valence-corrected chi connectivity index (χ3v) is 5.70. The number of likely N-dealkylation sites (tertiary alicyclic amines) is 1. The topological polar surface area (TPSA) is 97.6 Å². The van der Waals surface area contributed by atoms with E-state index >= 15 is 0 Å². The zero-order valence-corrected chi connectivity index (χ0v) is 15.8. The van der Waals surface area contributed by atoms with E-state index in [1.165, 1.54) is 5.57 Å². The van der Waals surface area contributed by atoms with E-state index in [-0.39, 0.29) is 11.8 Å². The van der Waals surface area contributed by atoms with Crippen molar-refractivity contribution in [2.75, 3.05) is 31.6 Å².